The molecule has 0 atom stereocenters. The van der Waals surface area contributed by atoms with E-state index >= 15 is 0 Å². The van der Waals surface area contributed by atoms with Crippen LogP contribution in [0.1, 0.15) is 48.0 Å². The Morgan fingerprint density at radius 2 is 0.711 bits per heavy atom. The molecule has 5 rings (SSSR count). The van der Waals surface area contributed by atoms with Gasteiger partial charge in [-0.25, -0.2) is 0 Å². The molecule has 0 aliphatic rings. The van der Waals surface area contributed by atoms with Crippen molar-refractivity contribution in [2.45, 2.75) is 24.7 Å². The largest absolute Gasteiger partial charge is 2.00 e. The van der Waals surface area contributed by atoms with Gasteiger partial charge in [-0.15, -0.1) is 0 Å². The third kappa shape index (κ3) is 10.4. The molecule has 0 saturated heterocycles. The van der Waals surface area contributed by atoms with Crippen molar-refractivity contribution >= 4 is 7.81 Å². The zero-order valence-electron chi connectivity index (χ0n) is 23.6. The fraction of sp³-hybridized carbons (Fsp3) is 0.138. The Labute approximate surface area is 267 Å². The van der Waals surface area contributed by atoms with Gasteiger partial charge in [0, 0.05) is 24.8 Å². The maximum absolute atomic E-state index is 10.7. The Bertz CT molecular complexity index is 1500. The SMILES string of the molecule is CC(c1ccccn1)(c1ccccn1)c1cccc(C(C)(c2ccccn2)c2ccccn2)n1.F[P-](F)(F)(F)(F)F.[N-]=[N+]=[N-].[Ru+2]. The van der Waals surface area contributed by atoms with E-state index in [-0.39, 0.29) is 19.5 Å². The average molecular weight is 732 g/mol. The van der Waals surface area contributed by atoms with Crippen molar-refractivity contribution in [1.82, 2.24) is 24.9 Å². The molecule has 0 bridgehead atoms. The zero-order valence-corrected chi connectivity index (χ0v) is 26.2. The number of hydrogen-bond acceptors (Lipinski definition) is 5. The summed E-state index contributed by atoms with van der Waals surface area (Å²) in [6.45, 7) is 4.26. The summed E-state index contributed by atoms with van der Waals surface area (Å²) in [6.07, 6.45) is 7.25. The van der Waals surface area contributed by atoms with Crippen LogP contribution in [0.25, 0.3) is 16.0 Å². The van der Waals surface area contributed by atoms with E-state index in [1.807, 2.05) is 116 Å². The molecule has 8 nitrogen and oxygen atoms in total. The van der Waals surface area contributed by atoms with Crippen LogP contribution in [0.5, 0.6) is 0 Å². The average Bonchev–Trinajstić information content (AvgIpc) is 3.01. The van der Waals surface area contributed by atoms with Gasteiger partial charge in [-0.05, 0) is 74.5 Å². The molecule has 0 aromatic carbocycles. The van der Waals surface area contributed by atoms with E-state index in [1.165, 1.54) is 4.91 Å². The van der Waals surface area contributed by atoms with Crippen LogP contribution in [0.2, 0.25) is 0 Å². The summed E-state index contributed by atoms with van der Waals surface area (Å²) in [7, 11) is -10.7. The second-order valence-corrected chi connectivity index (χ2v) is 11.5. The van der Waals surface area contributed by atoms with E-state index in [4.69, 9.17) is 36.0 Å². The number of rotatable bonds is 6. The van der Waals surface area contributed by atoms with E-state index in [9.17, 15) is 25.2 Å². The first kappa shape index (κ1) is 36.9. The number of pyridine rings is 5. The fourth-order valence-electron chi connectivity index (χ4n) is 4.41. The molecule has 5 aromatic rings. The molecule has 5 aromatic heterocycles. The van der Waals surface area contributed by atoms with Gasteiger partial charge in [0.15, 0.2) is 0 Å². The Morgan fingerprint density at radius 1 is 0.489 bits per heavy atom. The fourth-order valence-corrected chi connectivity index (χ4v) is 4.41. The van der Waals surface area contributed by atoms with Crippen LogP contribution in [0.3, 0.4) is 0 Å². The molecule has 45 heavy (non-hydrogen) atoms. The van der Waals surface area contributed by atoms with Crippen LogP contribution in [-0.2, 0) is 30.3 Å². The third-order valence-electron chi connectivity index (χ3n) is 6.48. The molecule has 0 fully saturated rings. The van der Waals surface area contributed by atoms with Gasteiger partial charge in [-0.1, -0.05) is 30.3 Å². The van der Waals surface area contributed by atoms with E-state index in [1.54, 1.807) is 0 Å². The predicted octanol–water partition coefficient (Wildman–Crippen LogP) is 9.62. The second-order valence-electron chi connectivity index (χ2n) is 9.57. The molecule has 0 N–H and O–H groups in total. The standard InChI is InChI=1S/C29H25N5.F6P.N3.Ru/c1-28(22-12-3-7-18-30-22,23-13-4-8-19-31-23)26-16-11-17-27(34-26)29(2,24-14-5-9-20-32-24)25-15-6-10-21-33-25;1-7(2,3,4,5)6;1-3-2;/h3-21H,1-2H3;;;/q;2*-1;+2. The Morgan fingerprint density at radius 3 is 0.911 bits per heavy atom. The number of nitrogens with zero attached hydrogens (tertiary/aromatic N) is 8. The van der Waals surface area contributed by atoms with Gasteiger partial charge < -0.3 is 11.1 Å². The first-order chi connectivity index (χ1) is 20.5. The second kappa shape index (κ2) is 13.8. The van der Waals surface area contributed by atoms with Crippen molar-refractivity contribution in [1.29, 1.82) is 0 Å². The quantitative estimate of drug-likeness (QED) is 0.0430. The smallest absolute Gasteiger partial charge is 0.373 e. The number of aromatic nitrogens is 5. The molecule has 0 aliphatic carbocycles. The van der Waals surface area contributed by atoms with Gasteiger partial charge in [-0.3, -0.25) is 29.8 Å². The maximum Gasteiger partial charge on any atom is 2.00 e. The first-order valence-electron chi connectivity index (χ1n) is 12.7. The molecule has 16 heteroatoms. The molecule has 0 radical (unpaired) electrons. The maximum atomic E-state index is 9.87. The van der Waals surface area contributed by atoms with E-state index in [0.717, 1.165) is 34.2 Å². The predicted molar refractivity (Wildman–Crippen MR) is 156 cm³/mol. The topological polar surface area (TPSA) is 123 Å². The zero-order chi connectivity index (χ0) is 32.6. The van der Waals surface area contributed by atoms with Crippen LogP contribution >= 0.6 is 7.81 Å². The van der Waals surface area contributed by atoms with Crippen LogP contribution in [-0.4, -0.2) is 24.9 Å². The van der Waals surface area contributed by atoms with Gasteiger partial charge in [0.25, 0.3) is 0 Å². The van der Waals surface area contributed by atoms with E-state index in [0.29, 0.717) is 0 Å². The van der Waals surface area contributed by atoms with E-state index < -0.39 is 18.6 Å². The summed E-state index contributed by atoms with van der Waals surface area (Å²) in [5, 5.41) is 0. The summed E-state index contributed by atoms with van der Waals surface area (Å²) in [5.41, 5.74) is 17.5. The summed E-state index contributed by atoms with van der Waals surface area (Å²) in [5.74, 6) is 0. The molecular weight excluding hydrogens is 706 g/mol. The first-order valence-corrected chi connectivity index (χ1v) is 14.7. The van der Waals surface area contributed by atoms with E-state index in [2.05, 4.69) is 13.8 Å². The molecule has 5 heterocycles. The van der Waals surface area contributed by atoms with Gasteiger partial charge >= 0.3 is 52.5 Å². The van der Waals surface area contributed by atoms with Crippen molar-refractivity contribution in [2.75, 3.05) is 0 Å². The monoisotopic (exact) mass is 732 g/mol. The summed E-state index contributed by atoms with van der Waals surface area (Å²) in [4.78, 5) is 25.6. The molecule has 0 unspecified atom stereocenters. The Kier molecular flexibility index (Phi) is 11.3. The van der Waals surface area contributed by atoms with Crippen LogP contribution in [0.4, 0.5) is 25.2 Å². The van der Waals surface area contributed by atoms with Gasteiger partial charge in [0.05, 0.1) is 45.0 Å². The summed E-state index contributed by atoms with van der Waals surface area (Å²) < 4.78 is 59.2. The minimum Gasteiger partial charge on any atom is -0.373 e. The third-order valence-corrected chi connectivity index (χ3v) is 6.48. The van der Waals surface area contributed by atoms with Crippen molar-refractivity contribution in [3.8, 4) is 0 Å². The van der Waals surface area contributed by atoms with Crippen molar-refractivity contribution in [3.05, 3.63) is 166 Å². The van der Waals surface area contributed by atoms with Crippen LogP contribution in [0, 0.1) is 0 Å². The minimum absolute atomic E-state index is 0. The van der Waals surface area contributed by atoms with Crippen LogP contribution < -0.4 is 0 Å². The summed E-state index contributed by atoms with van der Waals surface area (Å²) >= 11 is 0. The van der Waals surface area contributed by atoms with Crippen molar-refractivity contribution in [3.63, 3.8) is 0 Å². The molecule has 0 saturated carbocycles. The van der Waals surface area contributed by atoms with Crippen LogP contribution in [0.15, 0.2) is 116 Å². The molecule has 236 valence electrons. The molecule has 0 amide bonds. The minimum atomic E-state index is -10.7. The van der Waals surface area contributed by atoms with Gasteiger partial charge in [-0.2, -0.15) is 0 Å². The molecule has 0 aliphatic heterocycles. The van der Waals surface area contributed by atoms with Crippen molar-refractivity contribution < 1.29 is 44.7 Å². The Balaban J connectivity index is 0.000000561. The van der Waals surface area contributed by atoms with Gasteiger partial charge in [0.1, 0.15) is 0 Å². The normalized spacial score (nSPS) is 12.7. The Hall–Kier alpha value is -4.31. The number of hydrogen-bond donors (Lipinski definition) is 0. The summed E-state index contributed by atoms with van der Waals surface area (Å²) in [6, 6.07) is 29.9. The molecule has 0 spiro atoms. The van der Waals surface area contributed by atoms with Crippen molar-refractivity contribution in [2.24, 2.45) is 0 Å². The van der Waals surface area contributed by atoms with Gasteiger partial charge in [0.2, 0.25) is 0 Å². The molecular formula is C29H25F6N8PRu. The number of halogens is 6.